The molecule has 0 aromatic heterocycles. The van der Waals surface area contributed by atoms with Crippen LogP contribution < -0.4 is 10.4 Å². The summed E-state index contributed by atoms with van der Waals surface area (Å²) in [5, 5.41) is 1.82. The number of ether oxygens (including phenoxy) is 4. The largest absolute Gasteiger partial charge is 0.456 e. The number of hydrogen-bond acceptors (Lipinski definition) is 9. The van der Waals surface area contributed by atoms with Gasteiger partial charge < -0.3 is 23.4 Å². The van der Waals surface area contributed by atoms with E-state index in [0.29, 0.717) is 0 Å². The van der Waals surface area contributed by atoms with Crippen LogP contribution in [0.25, 0.3) is 0 Å². The lowest BCUT2D eigenvalue weighted by atomic mass is 9.99. The molecule has 0 spiro atoms. The molecule has 3 aromatic rings. The summed E-state index contributed by atoms with van der Waals surface area (Å²) in [5.41, 5.74) is -0.801. The van der Waals surface area contributed by atoms with Crippen LogP contribution >= 0.6 is 11.8 Å². The van der Waals surface area contributed by atoms with E-state index in [-0.39, 0.29) is 11.6 Å². The van der Waals surface area contributed by atoms with Crippen LogP contribution in [0.4, 0.5) is 0 Å². The SMILES string of the molecule is CC(=O)O[C@@H]1[C@H](OC(C)=O)[C@@H](Sc2ccccc2)O[C@H](CO[Si](c2ccccc2)(c2ccccc2)C(C)(C)C)[C@H]1OC(C)=O. The van der Waals surface area contributed by atoms with Crippen LogP contribution in [-0.2, 0) is 37.8 Å². The summed E-state index contributed by atoms with van der Waals surface area (Å²) >= 11 is 1.33. The van der Waals surface area contributed by atoms with Crippen molar-refractivity contribution in [3.8, 4) is 0 Å². The first-order valence-corrected chi connectivity index (χ1v) is 17.3. The molecule has 44 heavy (non-hydrogen) atoms. The lowest BCUT2D eigenvalue weighted by Gasteiger charge is -2.47. The van der Waals surface area contributed by atoms with Gasteiger partial charge in [-0.25, -0.2) is 0 Å². The van der Waals surface area contributed by atoms with Gasteiger partial charge in [-0.2, -0.15) is 0 Å². The van der Waals surface area contributed by atoms with Gasteiger partial charge in [0.25, 0.3) is 8.32 Å². The van der Waals surface area contributed by atoms with E-state index in [4.69, 9.17) is 23.4 Å². The van der Waals surface area contributed by atoms with Gasteiger partial charge in [-0.05, 0) is 27.5 Å². The van der Waals surface area contributed by atoms with E-state index in [2.05, 4.69) is 45.0 Å². The molecule has 1 aliphatic rings. The maximum atomic E-state index is 12.4. The second-order valence-electron chi connectivity index (χ2n) is 11.7. The van der Waals surface area contributed by atoms with Gasteiger partial charge in [0.2, 0.25) is 0 Å². The topological polar surface area (TPSA) is 97.4 Å². The zero-order valence-electron chi connectivity index (χ0n) is 25.9. The van der Waals surface area contributed by atoms with Crippen molar-refractivity contribution in [1.82, 2.24) is 0 Å². The van der Waals surface area contributed by atoms with E-state index in [1.165, 1.54) is 32.5 Å². The maximum absolute atomic E-state index is 12.4. The smallest absolute Gasteiger partial charge is 0.303 e. The van der Waals surface area contributed by atoms with Crippen molar-refractivity contribution in [3.63, 3.8) is 0 Å². The average molecular weight is 637 g/mol. The summed E-state index contributed by atoms with van der Waals surface area (Å²) in [6, 6.07) is 29.8. The Morgan fingerprint density at radius 1 is 0.682 bits per heavy atom. The summed E-state index contributed by atoms with van der Waals surface area (Å²) in [6.45, 7) is 10.3. The molecule has 0 unspecified atom stereocenters. The molecule has 1 fully saturated rings. The molecule has 0 amide bonds. The molecule has 234 valence electrons. The minimum atomic E-state index is -3.02. The van der Waals surface area contributed by atoms with Gasteiger partial charge in [0.1, 0.15) is 11.5 Å². The van der Waals surface area contributed by atoms with Crippen LogP contribution in [0.3, 0.4) is 0 Å². The first-order valence-electron chi connectivity index (χ1n) is 14.6. The average Bonchev–Trinajstić information content (AvgIpc) is 2.97. The summed E-state index contributed by atoms with van der Waals surface area (Å²) in [6.07, 6.45) is -4.16. The molecular formula is C34H40O8SSi. The fourth-order valence-corrected chi connectivity index (χ4v) is 11.4. The molecular weight excluding hydrogens is 597 g/mol. The van der Waals surface area contributed by atoms with Crippen LogP contribution in [0.2, 0.25) is 5.04 Å². The molecule has 1 aliphatic heterocycles. The van der Waals surface area contributed by atoms with Gasteiger partial charge in [-0.1, -0.05) is 111 Å². The molecule has 10 heteroatoms. The predicted molar refractivity (Wildman–Crippen MR) is 171 cm³/mol. The molecule has 1 saturated heterocycles. The Morgan fingerprint density at radius 2 is 1.11 bits per heavy atom. The van der Waals surface area contributed by atoms with Crippen LogP contribution in [0.15, 0.2) is 95.9 Å². The molecule has 8 nitrogen and oxygen atoms in total. The normalized spacial score (nSPS) is 22.1. The molecule has 0 N–H and O–H groups in total. The molecule has 1 heterocycles. The monoisotopic (exact) mass is 636 g/mol. The third kappa shape index (κ3) is 7.79. The zero-order valence-corrected chi connectivity index (χ0v) is 27.7. The van der Waals surface area contributed by atoms with Gasteiger partial charge >= 0.3 is 17.9 Å². The maximum Gasteiger partial charge on any atom is 0.303 e. The molecule has 0 saturated carbocycles. The third-order valence-corrected chi connectivity index (χ3v) is 13.5. The van der Waals surface area contributed by atoms with Gasteiger partial charge in [-0.3, -0.25) is 14.4 Å². The highest BCUT2D eigenvalue weighted by atomic mass is 32.2. The van der Waals surface area contributed by atoms with Crippen molar-refractivity contribution in [3.05, 3.63) is 91.0 Å². The first-order chi connectivity index (χ1) is 20.9. The molecule has 4 rings (SSSR count). The minimum Gasteiger partial charge on any atom is -0.456 e. The van der Waals surface area contributed by atoms with Gasteiger partial charge in [0.05, 0.1) is 6.61 Å². The fourth-order valence-electron chi connectivity index (χ4n) is 5.69. The van der Waals surface area contributed by atoms with E-state index in [9.17, 15) is 14.4 Å². The van der Waals surface area contributed by atoms with E-state index < -0.39 is 56.1 Å². The Morgan fingerprint density at radius 3 is 1.57 bits per heavy atom. The lowest BCUT2D eigenvalue weighted by Crippen LogP contribution is -2.68. The predicted octanol–water partition coefficient (Wildman–Crippen LogP) is 4.88. The summed E-state index contributed by atoms with van der Waals surface area (Å²) in [7, 11) is -3.02. The minimum absolute atomic E-state index is 0.0155. The van der Waals surface area contributed by atoms with Crippen molar-refractivity contribution >= 4 is 48.4 Å². The van der Waals surface area contributed by atoms with Crippen molar-refractivity contribution < 1.29 is 37.8 Å². The molecule has 0 radical (unpaired) electrons. The summed E-state index contributed by atoms with van der Waals surface area (Å²) < 4.78 is 31.0. The van der Waals surface area contributed by atoms with Crippen LogP contribution in [0, 0.1) is 0 Å². The number of benzene rings is 3. The van der Waals surface area contributed by atoms with Crippen molar-refractivity contribution in [2.24, 2.45) is 0 Å². The van der Waals surface area contributed by atoms with Crippen molar-refractivity contribution in [2.75, 3.05) is 6.61 Å². The number of esters is 3. The molecule has 0 aliphatic carbocycles. The Labute approximate surface area is 264 Å². The molecule has 3 aromatic carbocycles. The molecule has 5 atom stereocenters. The number of hydrogen-bond donors (Lipinski definition) is 0. The van der Waals surface area contributed by atoms with E-state index >= 15 is 0 Å². The van der Waals surface area contributed by atoms with Crippen molar-refractivity contribution in [2.45, 2.75) is 81.3 Å². The Kier molecular flexibility index (Phi) is 11.1. The first kappa shape index (κ1) is 33.4. The van der Waals surface area contributed by atoms with E-state index in [1.807, 2.05) is 66.7 Å². The van der Waals surface area contributed by atoms with E-state index in [0.717, 1.165) is 15.3 Å². The lowest BCUT2D eigenvalue weighted by molar-refractivity contribution is -0.235. The highest BCUT2D eigenvalue weighted by Gasteiger charge is 2.55. The van der Waals surface area contributed by atoms with Crippen LogP contribution in [-0.4, -0.2) is 62.7 Å². The number of carbonyl (C=O) groups excluding carboxylic acids is 3. The number of carbonyl (C=O) groups is 3. The van der Waals surface area contributed by atoms with Crippen LogP contribution in [0.5, 0.6) is 0 Å². The fraction of sp³-hybridized carbons (Fsp3) is 0.382. The second kappa shape index (κ2) is 14.6. The summed E-state index contributed by atoms with van der Waals surface area (Å²) in [4.78, 5) is 38.0. The number of rotatable bonds is 10. The van der Waals surface area contributed by atoms with E-state index in [1.54, 1.807) is 0 Å². The van der Waals surface area contributed by atoms with Gasteiger partial charge in [0, 0.05) is 25.7 Å². The Balaban J connectivity index is 1.81. The Bertz CT molecular complexity index is 1360. The Hall–Kier alpha value is -3.44. The third-order valence-electron chi connectivity index (χ3n) is 7.37. The standard InChI is InChI=1S/C34H40O8SSi/c1-23(35)39-30-29(22-38-44(34(4,5)6,27-18-12-8-13-19-27)28-20-14-9-15-21-28)42-33(43-26-16-10-7-11-17-26)32(41-25(3)37)31(30)40-24(2)36/h7-21,29-33H,22H2,1-6H3/t29-,30-,31+,32+,33-/m1/s1. The quantitative estimate of drug-likeness (QED) is 0.175. The highest BCUT2D eigenvalue weighted by Crippen LogP contribution is 2.40. The van der Waals surface area contributed by atoms with Crippen molar-refractivity contribution in [1.29, 1.82) is 0 Å². The van der Waals surface area contributed by atoms with Gasteiger partial charge in [-0.15, -0.1) is 0 Å². The molecule has 0 bridgehead atoms. The highest BCUT2D eigenvalue weighted by molar-refractivity contribution is 7.99. The van der Waals surface area contributed by atoms with Crippen LogP contribution in [0.1, 0.15) is 41.5 Å². The van der Waals surface area contributed by atoms with Gasteiger partial charge in [0.15, 0.2) is 18.3 Å². The summed E-state index contributed by atoms with van der Waals surface area (Å²) in [5.74, 6) is -1.79. The number of thioether (sulfide) groups is 1. The zero-order chi connectivity index (χ0) is 31.9. The second-order valence-corrected chi connectivity index (χ2v) is 17.1.